The summed E-state index contributed by atoms with van der Waals surface area (Å²) in [6.07, 6.45) is 0. The highest BCUT2D eigenvalue weighted by Crippen LogP contribution is 2.31. The van der Waals surface area contributed by atoms with Gasteiger partial charge in [-0.2, -0.15) is 0 Å². The number of anilines is 1. The van der Waals surface area contributed by atoms with Crippen LogP contribution in [0.15, 0.2) is 78.9 Å². The Hall–Kier alpha value is -3.60. The lowest BCUT2D eigenvalue weighted by Crippen LogP contribution is -2.28. The van der Waals surface area contributed by atoms with Crippen molar-refractivity contribution in [1.82, 2.24) is 4.90 Å². The van der Waals surface area contributed by atoms with E-state index in [1.165, 1.54) is 0 Å². The number of carbonyl (C=O) groups is 2. The van der Waals surface area contributed by atoms with Crippen molar-refractivity contribution < 1.29 is 14.3 Å². The minimum Gasteiger partial charge on any atom is -0.483 e. The summed E-state index contributed by atoms with van der Waals surface area (Å²) in [5.74, 6) is 0.200. The number of ether oxygens (including phenoxy) is 1. The first-order valence-corrected chi connectivity index (χ1v) is 10.7. The van der Waals surface area contributed by atoms with Crippen LogP contribution in [0, 0.1) is 0 Å². The molecule has 3 aromatic carbocycles. The zero-order valence-electron chi connectivity index (χ0n) is 19.1. The van der Waals surface area contributed by atoms with E-state index in [0.29, 0.717) is 23.5 Å². The minimum absolute atomic E-state index is 0.102. The molecule has 32 heavy (non-hydrogen) atoms. The van der Waals surface area contributed by atoms with Crippen molar-refractivity contribution in [1.29, 1.82) is 0 Å². The van der Waals surface area contributed by atoms with Crippen molar-refractivity contribution in [2.75, 3.05) is 19.0 Å². The Morgan fingerprint density at radius 1 is 0.875 bits per heavy atom. The van der Waals surface area contributed by atoms with Gasteiger partial charge in [0, 0.05) is 13.6 Å². The number of hydrogen-bond donors (Lipinski definition) is 1. The molecule has 0 heterocycles. The first kappa shape index (κ1) is 23.1. The molecule has 0 fully saturated rings. The lowest BCUT2D eigenvalue weighted by molar-refractivity contribution is -0.118. The van der Waals surface area contributed by atoms with Crippen LogP contribution in [0.5, 0.6) is 5.75 Å². The van der Waals surface area contributed by atoms with E-state index < -0.39 is 0 Å². The third-order valence-corrected chi connectivity index (χ3v) is 5.09. The molecule has 0 spiro atoms. The van der Waals surface area contributed by atoms with Crippen molar-refractivity contribution in [3.63, 3.8) is 0 Å². The summed E-state index contributed by atoms with van der Waals surface area (Å²) in [4.78, 5) is 27.3. The van der Waals surface area contributed by atoms with E-state index in [1.807, 2.05) is 54.6 Å². The average Bonchev–Trinajstić information content (AvgIpc) is 2.78. The summed E-state index contributed by atoms with van der Waals surface area (Å²) in [6, 6.07) is 24.5. The summed E-state index contributed by atoms with van der Waals surface area (Å²) in [5, 5.41) is 2.83. The highest BCUT2D eigenvalue weighted by atomic mass is 16.5. The largest absolute Gasteiger partial charge is 0.483 e. The van der Waals surface area contributed by atoms with Gasteiger partial charge in [-0.15, -0.1) is 0 Å². The lowest BCUT2D eigenvalue weighted by Gasteiger charge is -2.22. The summed E-state index contributed by atoms with van der Waals surface area (Å²) in [5.41, 5.74) is 2.88. The molecule has 0 saturated carbocycles. The van der Waals surface area contributed by atoms with Gasteiger partial charge < -0.3 is 15.0 Å². The molecule has 0 aromatic heterocycles. The Kier molecular flexibility index (Phi) is 7.31. The zero-order valence-corrected chi connectivity index (χ0v) is 19.1. The number of hydrogen-bond acceptors (Lipinski definition) is 3. The van der Waals surface area contributed by atoms with E-state index in [1.54, 1.807) is 36.2 Å². The molecule has 3 aromatic rings. The number of carbonyl (C=O) groups excluding carboxylic acids is 2. The van der Waals surface area contributed by atoms with Gasteiger partial charge in [-0.1, -0.05) is 81.4 Å². The van der Waals surface area contributed by atoms with Gasteiger partial charge in [-0.3, -0.25) is 9.59 Å². The Labute approximate surface area is 190 Å². The molecule has 2 amide bonds. The van der Waals surface area contributed by atoms with Crippen molar-refractivity contribution in [2.24, 2.45) is 0 Å². The van der Waals surface area contributed by atoms with Gasteiger partial charge in [0.2, 0.25) is 0 Å². The fourth-order valence-corrected chi connectivity index (χ4v) is 3.46. The average molecular weight is 431 g/mol. The Bertz CT molecular complexity index is 1070. The van der Waals surface area contributed by atoms with E-state index in [-0.39, 0.29) is 23.8 Å². The highest BCUT2D eigenvalue weighted by Gasteiger charge is 2.20. The zero-order chi connectivity index (χ0) is 23.1. The van der Waals surface area contributed by atoms with Gasteiger partial charge in [0.25, 0.3) is 11.8 Å². The summed E-state index contributed by atoms with van der Waals surface area (Å²) >= 11 is 0. The van der Waals surface area contributed by atoms with Crippen molar-refractivity contribution >= 4 is 17.5 Å². The third-order valence-electron chi connectivity index (χ3n) is 5.09. The molecule has 166 valence electrons. The summed E-state index contributed by atoms with van der Waals surface area (Å²) in [7, 11) is 1.75. The maximum absolute atomic E-state index is 13.0. The van der Waals surface area contributed by atoms with Crippen molar-refractivity contribution in [3.05, 3.63) is 95.6 Å². The van der Waals surface area contributed by atoms with Crippen LogP contribution >= 0.6 is 0 Å². The van der Waals surface area contributed by atoms with E-state index in [0.717, 1.165) is 11.1 Å². The van der Waals surface area contributed by atoms with Gasteiger partial charge in [0.1, 0.15) is 5.75 Å². The number of amides is 2. The van der Waals surface area contributed by atoms with Crippen molar-refractivity contribution in [2.45, 2.75) is 32.7 Å². The first-order chi connectivity index (χ1) is 15.3. The molecule has 0 aliphatic rings. The molecular weight excluding hydrogens is 400 g/mol. The number of benzene rings is 3. The van der Waals surface area contributed by atoms with Crippen LogP contribution in [-0.4, -0.2) is 30.4 Å². The molecule has 0 atom stereocenters. The van der Waals surface area contributed by atoms with Gasteiger partial charge in [0.15, 0.2) is 6.61 Å². The van der Waals surface area contributed by atoms with Crippen LogP contribution in [0.3, 0.4) is 0 Å². The summed E-state index contributed by atoms with van der Waals surface area (Å²) in [6.45, 7) is 6.64. The SMILES string of the molecule is CN(Cc1ccccc1)C(=O)c1ccccc1NC(=O)COc1ccccc1C(C)(C)C. The van der Waals surface area contributed by atoms with Crippen LogP contribution in [0.4, 0.5) is 5.69 Å². The predicted octanol–water partition coefficient (Wildman–Crippen LogP) is 5.27. The minimum atomic E-state index is -0.320. The van der Waals surface area contributed by atoms with Crippen LogP contribution in [0.1, 0.15) is 42.3 Å². The monoisotopic (exact) mass is 430 g/mol. The smallest absolute Gasteiger partial charge is 0.262 e. The number of para-hydroxylation sites is 2. The first-order valence-electron chi connectivity index (χ1n) is 10.7. The molecular formula is C27H30N2O3. The molecule has 3 rings (SSSR count). The maximum Gasteiger partial charge on any atom is 0.262 e. The Balaban J connectivity index is 1.67. The molecule has 5 heteroatoms. The Morgan fingerprint density at radius 2 is 1.50 bits per heavy atom. The normalized spacial score (nSPS) is 11.0. The third kappa shape index (κ3) is 5.97. The molecule has 5 nitrogen and oxygen atoms in total. The van der Waals surface area contributed by atoms with E-state index in [4.69, 9.17) is 4.74 Å². The number of nitrogens with zero attached hydrogens (tertiary/aromatic N) is 1. The molecule has 0 aliphatic heterocycles. The quantitative estimate of drug-likeness (QED) is 0.555. The fourth-order valence-electron chi connectivity index (χ4n) is 3.46. The van der Waals surface area contributed by atoms with Gasteiger partial charge in [-0.25, -0.2) is 0 Å². The lowest BCUT2D eigenvalue weighted by atomic mass is 9.86. The molecule has 0 aliphatic carbocycles. The van der Waals surface area contributed by atoms with Gasteiger partial charge >= 0.3 is 0 Å². The standard InChI is InChI=1S/C27H30N2O3/c1-27(2,3)22-15-9-11-17-24(22)32-19-25(30)28-23-16-10-8-14-21(23)26(31)29(4)18-20-12-6-5-7-13-20/h5-17H,18-19H2,1-4H3,(H,28,30). The molecule has 0 unspecified atom stereocenters. The molecule has 0 bridgehead atoms. The topological polar surface area (TPSA) is 58.6 Å². The van der Waals surface area contributed by atoms with E-state index in [2.05, 4.69) is 26.1 Å². The van der Waals surface area contributed by atoms with Gasteiger partial charge in [-0.05, 0) is 34.7 Å². The molecule has 0 radical (unpaired) electrons. The second-order valence-corrected chi connectivity index (χ2v) is 8.78. The molecule has 0 saturated heterocycles. The second kappa shape index (κ2) is 10.1. The van der Waals surface area contributed by atoms with Crippen LogP contribution < -0.4 is 10.1 Å². The van der Waals surface area contributed by atoms with Gasteiger partial charge in [0.05, 0.1) is 11.3 Å². The predicted molar refractivity (Wildman–Crippen MR) is 128 cm³/mol. The van der Waals surface area contributed by atoms with Crippen molar-refractivity contribution in [3.8, 4) is 5.75 Å². The molecule has 1 N–H and O–H groups in total. The second-order valence-electron chi connectivity index (χ2n) is 8.78. The maximum atomic E-state index is 13.0. The van der Waals surface area contributed by atoms with E-state index in [9.17, 15) is 9.59 Å². The number of rotatable bonds is 7. The number of nitrogens with one attached hydrogen (secondary N) is 1. The highest BCUT2D eigenvalue weighted by molar-refractivity contribution is 6.03. The fraction of sp³-hybridized carbons (Fsp3) is 0.259. The van der Waals surface area contributed by atoms with Crippen LogP contribution in [0.25, 0.3) is 0 Å². The summed E-state index contributed by atoms with van der Waals surface area (Å²) < 4.78 is 5.82. The van der Waals surface area contributed by atoms with Crippen LogP contribution in [0.2, 0.25) is 0 Å². The van der Waals surface area contributed by atoms with Crippen LogP contribution in [-0.2, 0) is 16.8 Å². The van der Waals surface area contributed by atoms with E-state index >= 15 is 0 Å². The Morgan fingerprint density at radius 3 is 2.22 bits per heavy atom.